The molecule has 1 N–H and O–H groups in total. The molecule has 0 heterocycles. The lowest BCUT2D eigenvalue weighted by atomic mass is 10.1. The topological polar surface area (TPSA) is 64.6 Å². The average molecular weight is 299 g/mol. The molecule has 2 aromatic rings. The summed E-state index contributed by atoms with van der Waals surface area (Å²) in [5, 5.41) is 2.66. The number of carbonyl (C=O) groups excluding carboxylic acids is 2. The normalized spacial score (nSPS) is 9.91. The van der Waals surface area contributed by atoms with Crippen LogP contribution in [0.15, 0.2) is 48.5 Å². The van der Waals surface area contributed by atoms with Crippen molar-refractivity contribution < 1.29 is 19.1 Å². The molecule has 114 valence electrons. The minimum absolute atomic E-state index is 0.0835. The van der Waals surface area contributed by atoms with Gasteiger partial charge in [0.2, 0.25) is 11.7 Å². The maximum atomic E-state index is 12.1. The molecule has 0 bridgehead atoms. The Balaban J connectivity index is 1.97. The van der Waals surface area contributed by atoms with Crippen LogP contribution >= 0.6 is 0 Å². The predicted molar refractivity (Wildman–Crippen MR) is 83.6 cm³/mol. The summed E-state index contributed by atoms with van der Waals surface area (Å²) in [5.74, 6) is 0.776. The van der Waals surface area contributed by atoms with Gasteiger partial charge in [-0.3, -0.25) is 9.59 Å². The van der Waals surface area contributed by atoms with Crippen molar-refractivity contribution in [3.8, 4) is 11.5 Å². The second-order valence-electron chi connectivity index (χ2n) is 4.62. The van der Waals surface area contributed by atoms with Crippen molar-refractivity contribution in [3.63, 3.8) is 0 Å². The van der Waals surface area contributed by atoms with Gasteiger partial charge in [0.15, 0.2) is 6.61 Å². The minimum atomic E-state index is -0.164. The zero-order valence-electron chi connectivity index (χ0n) is 12.5. The summed E-state index contributed by atoms with van der Waals surface area (Å²) in [6, 6.07) is 13.8. The fraction of sp³-hybridized carbons (Fsp3) is 0.176. The third-order valence-corrected chi connectivity index (χ3v) is 2.95. The van der Waals surface area contributed by atoms with Crippen molar-refractivity contribution in [3.05, 3.63) is 54.1 Å². The Hall–Kier alpha value is -2.82. The number of ketones is 1. The summed E-state index contributed by atoms with van der Waals surface area (Å²) in [6.45, 7) is 1.36. The van der Waals surface area contributed by atoms with E-state index in [1.54, 1.807) is 48.5 Å². The van der Waals surface area contributed by atoms with E-state index >= 15 is 0 Å². The first-order chi connectivity index (χ1) is 10.6. The van der Waals surface area contributed by atoms with E-state index in [1.165, 1.54) is 14.0 Å². The summed E-state index contributed by atoms with van der Waals surface area (Å²) >= 11 is 0. The van der Waals surface area contributed by atoms with E-state index in [2.05, 4.69) is 5.32 Å². The van der Waals surface area contributed by atoms with Crippen molar-refractivity contribution in [2.24, 2.45) is 0 Å². The van der Waals surface area contributed by atoms with Crippen LogP contribution in [-0.2, 0) is 4.79 Å². The first-order valence-corrected chi connectivity index (χ1v) is 6.77. The second-order valence-corrected chi connectivity index (χ2v) is 4.62. The predicted octanol–water partition coefficient (Wildman–Crippen LogP) is 2.92. The molecule has 0 spiro atoms. The van der Waals surface area contributed by atoms with Gasteiger partial charge in [-0.2, -0.15) is 0 Å². The first kappa shape index (κ1) is 15.6. The number of ether oxygens (including phenoxy) is 2. The van der Waals surface area contributed by atoms with E-state index in [-0.39, 0.29) is 18.3 Å². The number of benzene rings is 2. The number of amides is 1. The first-order valence-electron chi connectivity index (χ1n) is 6.77. The number of anilines is 1. The van der Waals surface area contributed by atoms with Gasteiger partial charge >= 0.3 is 0 Å². The SMILES string of the molecule is COc1ccccc1C(=O)COc1ccc(NC(C)=O)cc1. The number of para-hydroxylation sites is 1. The summed E-state index contributed by atoms with van der Waals surface area (Å²) < 4.78 is 10.6. The van der Waals surface area contributed by atoms with Crippen LogP contribution < -0.4 is 14.8 Å². The van der Waals surface area contributed by atoms with Gasteiger partial charge in [0, 0.05) is 12.6 Å². The number of rotatable bonds is 6. The molecular weight excluding hydrogens is 282 g/mol. The molecule has 5 heteroatoms. The van der Waals surface area contributed by atoms with E-state index in [0.29, 0.717) is 22.7 Å². The molecule has 0 aliphatic rings. The number of Topliss-reactive ketones (excluding diaryl/α,β-unsaturated/α-hetero) is 1. The molecule has 0 fully saturated rings. The lowest BCUT2D eigenvalue weighted by molar-refractivity contribution is -0.114. The third kappa shape index (κ3) is 4.09. The van der Waals surface area contributed by atoms with Gasteiger partial charge in [-0.25, -0.2) is 0 Å². The molecule has 5 nitrogen and oxygen atoms in total. The van der Waals surface area contributed by atoms with E-state index in [0.717, 1.165) is 0 Å². The van der Waals surface area contributed by atoms with Gasteiger partial charge in [0.25, 0.3) is 0 Å². The molecule has 2 aromatic carbocycles. The number of methoxy groups -OCH3 is 1. The van der Waals surface area contributed by atoms with E-state index in [4.69, 9.17) is 9.47 Å². The molecular formula is C17H17NO4. The minimum Gasteiger partial charge on any atom is -0.496 e. The van der Waals surface area contributed by atoms with Crippen molar-refractivity contribution >= 4 is 17.4 Å². The molecule has 22 heavy (non-hydrogen) atoms. The highest BCUT2D eigenvalue weighted by atomic mass is 16.5. The van der Waals surface area contributed by atoms with Crippen LogP contribution in [-0.4, -0.2) is 25.4 Å². The van der Waals surface area contributed by atoms with Crippen LogP contribution in [0.5, 0.6) is 11.5 Å². The van der Waals surface area contributed by atoms with E-state index in [9.17, 15) is 9.59 Å². The summed E-state index contributed by atoms with van der Waals surface area (Å²) in [5.41, 5.74) is 1.16. The molecule has 0 saturated carbocycles. The molecule has 0 unspecified atom stereocenters. The maximum absolute atomic E-state index is 12.1. The van der Waals surface area contributed by atoms with Gasteiger partial charge in [0.1, 0.15) is 11.5 Å². The monoisotopic (exact) mass is 299 g/mol. The van der Waals surface area contributed by atoms with Gasteiger partial charge in [-0.1, -0.05) is 12.1 Å². The molecule has 0 saturated heterocycles. The van der Waals surface area contributed by atoms with Gasteiger partial charge in [-0.15, -0.1) is 0 Å². The zero-order chi connectivity index (χ0) is 15.9. The number of nitrogens with one attached hydrogen (secondary N) is 1. The van der Waals surface area contributed by atoms with Crippen molar-refractivity contribution in [1.29, 1.82) is 0 Å². The van der Waals surface area contributed by atoms with Crippen molar-refractivity contribution in [2.45, 2.75) is 6.92 Å². The lowest BCUT2D eigenvalue weighted by Gasteiger charge is -2.09. The highest BCUT2D eigenvalue weighted by Gasteiger charge is 2.12. The number of hydrogen-bond acceptors (Lipinski definition) is 4. The van der Waals surface area contributed by atoms with Crippen molar-refractivity contribution in [1.82, 2.24) is 0 Å². The van der Waals surface area contributed by atoms with E-state index in [1.807, 2.05) is 0 Å². The van der Waals surface area contributed by atoms with Crippen LogP contribution in [0.25, 0.3) is 0 Å². The molecule has 0 atom stereocenters. The largest absolute Gasteiger partial charge is 0.496 e. The van der Waals surface area contributed by atoms with E-state index < -0.39 is 0 Å². The quantitative estimate of drug-likeness (QED) is 0.833. The number of hydrogen-bond donors (Lipinski definition) is 1. The van der Waals surface area contributed by atoms with Crippen molar-refractivity contribution in [2.75, 3.05) is 19.0 Å². The van der Waals surface area contributed by atoms with Crippen LogP contribution in [0, 0.1) is 0 Å². The van der Waals surface area contributed by atoms with Crippen LogP contribution in [0.1, 0.15) is 17.3 Å². The Bertz CT molecular complexity index is 665. The highest BCUT2D eigenvalue weighted by Crippen LogP contribution is 2.19. The molecule has 2 rings (SSSR count). The molecule has 1 amide bonds. The summed E-state index contributed by atoms with van der Waals surface area (Å²) in [6.07, 6.45) is 0. The van der Waals surface area contributed by atoms with Gasteiger partial charge in [-0.05, 0) is 36.4 Å². The van der Waals surface area contributed by atoms with Crippen LogP contribution in [0.3, 0.4) is 0 Å². The molecule has 0 aliphatic heterocycles. The Labute approximate surface area is 128 Å². The zero-order valence-corrected chi connectivity index (χ0v) is 12.5. The fourth-order valence-electron chi connectivity index (χ4n) is 1.94. The standard InChI is InChI=1S/C17H17NO4/c1-12(19)18-13-7-9-14(10-8-13)22-11-16(20)15-5-3-4-6-17(15)21-2/h3-10H,11H2,1-2H3,(H,18,19). The molecule has 0 radical (unpaired) electrons. The maximum Gasteiger partial charge on any atom is 0.221 e. The smallest absolute Gasteiger partial charge is 0.221 e. The molecule has 0 aliphatic carbocycles. The Morgan fingerprint density at radius 2 is 1.73 bits per heavy atom. The second kappa shape index (κ2) is 7.26. The van der Waals surface area contributed by atoms with Crippen LogP contribution in [0.4, 0.5) is 5.69 Å². The fourth-order valence-corrected chi connectivity index (χ4v) is 1.94. The van der Waals surface area contributed by atoms with Gasteiger partial charge in [0.05, 0.1) is 12.7 Å². The summed E-state index contributed by atoms with van der Waals surface area (Å²) in [4.78, 5) is 23.1. The summed E-state index contributed by atoms with van der Waals surface area (Å²) in [7, 11) is 1.52. The third-order valence-electron chi connectivity index (χ3n) is 2.95. The van der Waals surface area contributed by atoms with Crippen LogP contribution in [0.2, 0.25) is 0 Å². The lowest BCUT2D eigenvalue weighted by Crippen LogP contribution is -2.12. The number of carbonyl (C=O) groups is 2. The average Bonchev–Trinajstić information content (AvgIpc) is 2.53. The Morgan fingerprint density at radius 3 is 2.36 bits per heavy atom. The Morgan fingerprint density at radius 1 is 1.05 bits per heavy atom. The van der Waals surface area contributed by atoms with Gasteiger partial charge < -0.3 is 14.8 Å². The Kier molecular flexibility index (Phi) is 5.14. The highest BCUT2D eigenvalue weighted by molar-refractivity contribution is 5.99. The molecule has 0 aromatic heterocycles.